The first-order valence-electron chi connectivity index (χ1n) is 4.81. The van der Waals surface area contributed by atoms with Crippen LogP contribution in [0.2, 0.25) is 0 Å². The molecule has 2 atom stereocenters. The Kier molecular flexibility index (Phi) is 2.69. The number of hydrogen-bond acceptors (Lipinski definition) is 2. The first-order chi connectivity index (χ1) is 7.09. The number of cyclic esters (lactones) is 1. The van der Waals surface area contributed by atoms with E-state index in [1.807, 2.05) is 32.0 Å². The molecule has 2 unspecified atom stereocenters. The average molecular weight is 270 g/mol. The second kappa shape index (κ2) is 3.85. The van der Waals surface area contributed by atoms with E-state index in [-0.39, 0.29) is 17.0 Å². The third kappa shape index (κ3) is 1.86. The van der Waals surface area contributed by atoms with E-state index in [1.54, 1.807) is 0 Å². The summed E-state index contributed by atoms with van der Waals surface area (Å²) in [5, 5.41) is 2.73. The van der Waals surface area contributed by atoms with Gasteiger partial charge in [-0.1, -0.05) is 34.1 Å². The Morgan fingerprint density at radius 2 is 2.27 bits per heavy atom. The van der Waals surface area contributed by atoms with Crippen LogP contribution >= 0.6 is 15.9 Å². The Morgan fingerprint density at radius 1 is 1.53 bits per heavy atom. The van der Waals surface area contributed by atoms with E-state index in [2.05, 4.69) is 21.2 Å². The van der Waals surface area contributed by atoms with Crippen LogP contribution < -0.4 is 5.32 Å². The zero-order valence-corrected chi connectivity index (χ0v) is 10.2. The van der Waals surface area contributed by atoms with Gasteiger partial charge >= 0.3 is 6.09 Å². The normalized spacial score (nSPS) is 21.3. The molecule has 0 bridgehead atoms. The molecule has 1 amide bonds. The van der Waals surface area contributed by atoms with Gasteiger partial charge in [0.2, 0.25) is 0 Å². The van der Waals surface area contributed by atoms with Gasteiger partial charge in [-0.25, -0.2) is 4.79 Å². The SMILES string of the molecule is Cc1cccc2c1NC(=O)OC2C(C)Br. The number of anilines is 1. The molecule has 2 rings (SSSR count). The molecule has 0 fully saturated rings. The minimum Gasteiger partial charge on any atom is -0.440 e. The summed E-state index contributed by atoms with van der Waals surface area (Å²) in [5.41, 5.74) is 2.96. The third-order valence-electron chi connectivity index (χ3n) is 2.49. The lowest BCUT2D eigenvalue weighted by Crippen LogP contribution is -2.28. The molecule has 0 saturated carbocycles. The first kappa shape index (κ1) is 10.5. The van der Waals surface area contributed by atoms with Crippen LogP contribution in [0.4, 0.5) is 10.5 Å². The number of ether oxygens (including phenoxy) is 1. The van der Waals surface area contributed by atoms with Gasteiger partial charge in [0.05, 0.1) is 10.5 Å². The Hall–Kier alpha value is -1.03. The van der Waals surface area contributed by atoms with E-state index in [9.17, 15) is 4.79 Å². The van der Waals surface area contributed by atoms with Crippen molar-refractivity contribution in [2.75, 3.05) is 5.32 Å². The number of rotatable bonds is 1. The second-order valence-electron chi connectivity index (χ2n) is 3.67. The average Bonchev–Trinajstić information content (AvgIpc) is 2.18. The lowest BCUT2D eigenvalue weighted by Gasteiger charge is -2.28. The number of alkyl halides is 1. The number of carbonyl (C=O) groups excluding carboxylic acids is 1. The van der Waals surface area contributed by atoms with Crippen LogP contribution in [0.1, 0.15) is 24.2 Å². The maximum absolute atomic E-state index is 11.3. The van der Waals surface area contributed by atoms with Gasteiger partial charge in [0, 0.05) is 5.56 Å². The molecular weight excluding hydrogens is 258 g/mol. The summed E-state index contributed by atoms with van der Waals surface area (Å²) in [6.45, 7) is 3.94. The van der Waals surface area contributed by atoms with E-state index in [4.69, 9.17) is 4.74 Å². The minimum atomic E-state index is -0.381. The van der Waals surface area contributed by atoms with Crippen LogP contribution in [0.3, 0.4) is 0 Å². The smallest absolute Gasteiger partial charge is 0.412 e. The zero-order valence-electron chi connectivity index (χ0n) is 8.58. The quantitative estimate of drug-likeness (QED) is 0.794. The van der Waals surface area contributed by atoms with E-state index in [0.717, 1.165) is 16.8 Å². The molecule has 4 heteroatoms. The molecule has 3 nitrogen and oxygen atoms in total. The molecule has 80 valence electrons. The standard InChI is InChI=1S/C11H12BrNO2/c1-6-4-3-5-8-9(6)13-11(14)15-10(8)7(2)12/h3-5,7,10H,1-2H3,(H,13,14). The number of hydrogen-bond donors (Lipinski definition) is 1. The summed E-state index contributed by atoms with van der Waals surface area (Å²) >= 11 is 3.45. The molecule has 1 aromatic carbocycles. The van der Waals surface area contributed by atoms with Gasteiger partial charge in [-0.3, -0.25) is 5.32 Å². The van der Waals surface area contributed by atoms with Crippen molar-refractivity contribution in [2.45, 2.75) is 24.8 Å². The molecule has 1 aliphatic rings. The number of para-hydroxylation sites is 1. The third-order valence-corrected chi connectivity index (χ3v) is 2.97. The highest BCUT2D eigenvalue weighted by molar-refractivity contribution is 9.09. The molecule has 0 spiro atoms. The van der Waals surface area contributed by atoms with Crippen molar-refractivity contribution < 1.29 is 9.53 Å². The molecule has 0 aliphatic carbocycles. The molecule has 1 aliphatic heterocycles. The van der Waals surface area contributed by atoms with Gasteiger partial charge in [-0.05, 0) is 19.4 Å². The summed E-state index contributed by atoms with van der Waals surface area (Å²) < 4.78 is 5.23. The van der Waals surface area contributed by atoms with Gasteiger partial charge < -0.3 is 4.74 Å². The Bertz CT molecular complexity index is 404. The maximum atomic E-state index is 11.3. The topological polar surface area (TPSA) is 38.3 Å². The Morgan fingerprint density at radius 3 is 2.93 bits per heavy atom. The summed E-state index contributed by atoms with van der Waals surface area (Å²) in [4.78, 5) is 11.4. The van der Waals surface area contributed by atoms with Gasteiger partial charge in [0.1, 0.15) is 6.10 Å². The molecule has 1 heterocycles. The highest BCUT2D eigenvalue weighted by Gasteiger charge is 2.29. The van der Waals surface area contributed by atoms with E-state index < -0.39 is 0 Å². The number of fused-ring (bicyclic) bond motifs is 1. The van der Waals surface area contributed by atoms with E-state index >= 15 is 0 Å². The molecule has 1 aromatic rings. The van der Waals surface area contributed by atoms with Gasteiger partial charge in [0.15, 0.2) is 0 Å². The fourth-order valence-electron chi connectivity index (χ4n) is 1.75. The van der Waals surface area contributed by atoms with Crippen molar-refractivity contribution in [3.63, 3.8) is 0 Å². The molecule has 0 aromatic heterocycles. The summed E-state index contributed by atoms with van der Waals surface area (Å²) in [6.07, 6.45) is -0.596. The molecule has 1 N–H and O–H groups in total. The van der Waals surface area contributed by atoms with Crippen LogP contribution in [0, 0.1) is 6.92 Å². The molecule has 0 radical (unpaired) electrons. The highest BCUT2D eigenvalue weighted by Crippen LogP contribution is 2.36. The maximum Gasteiger partial charge on any atom is 0.412 e. The number of carbonyl (C=O) groups is 1. The van der Waals surface area contributed by atoms with Crippen molar-refractivity contribution in [3.05, 3.63) is 29.3 Å². The van der Waals surface area contributed by atoms with Crippen molar-refractivity contribution in [2.24, 2.45) is 0 Å². The van der Waals surface area contributed by atoms with Crippen molar-refractivity contribution >= 4 is 27.7 Å². The van der Waals surface area contributed by atoms with Crippen LogP contribution in [0.5, 0.6) is 0 Å². The predicted molar refractivity (Wildman–Crippen MR) is 62.4 cm³/mol. The first-order valence-corrected chi connectivity index (χ1v) is 5.72. The monoisotopic (exact) mass is 269 g/mol. The molecule has 15 heavy (non-hydrogen) atoms. The number of halogens is 1. The number of aryl methyl sites for hydroxylation is 1. The van der Waals surface area contributed by atoms with Crippen molar-refractivity contribution in [1.82, 2.24) is 0 Å². The number of benzene rings is 1. The van der Waals surface area contributed by atoms with Gasteiger partial charge in [-0.15, -0.1) is 0 Å². The van der Waals surface area contributed by atoms with Crippen LogP contribution in [0.15, 0.2) is 18.2 Å². The molecular formula is C11H12BrNO2. The zero-order chi connectivity index (χ0) is 11.0. The largest absolute Gasteiger partial charge is 0.440 e. The van der Waals surface area contributed by atoms with Gasteiger partial charge in [0.25, 0.3) is 0 Å². The lowest BCUT2D eigenvalue weighted by molar-refractivity contribution is 0.108. The summed E-state index contributed by atoms with van der Waals surface area (Å²) in [6, 6.07) is 5.92. The van der Waals surface area contributed by atoms with Crippen LogP contribution in [-0.4, -0.2) is 10.9 Å². The fourth-order valence-corrected chi connectivity index (χ4v) is 2.14. The Balaban J connectivity index is 2.51. The van der Waals surface area contributed by atoms with E-state index in [1.165, 1.54) is 0 Å². The highest BCUT2D eigenvalue weighted by atomic mass is 79.9. The fraction of sp³-hybridized carbons (Fsp3) is 0.364. The van der Waals surface area contributed by atoms with E-state index in [0.29, 0.717) is 0 Å². The number of nitrogens with one attached hydrogen (secondary N) is 1. The molecule has 0 saturated heterocycles. The lowest BCUT2D eigenvalue weighted by atomic mass is 10.0. The Labute approximate surface area is 96.9 Å². The van der Waals surface area contributed by atoms with Gasteiger partial charge in [-0.2, -0.15) is 0 Å². The van der Waals surface area contributed by atoms with Crippen LogP contribution in [-0.2, 0) is 4.74 Å². The second-order valence-corrected chi connectivity index (χ2v) is 5.11. The number of amides is 1. The van der Waals surface area contributed by atoms with Crippen molar-refractivity contribution in [3.8, 4) is 0 Å². The summed E-state index contributed by atoms with van der Waals surface area (Å²) in [7, 11) is 0. The van der Waals surface area contributed by atoms with Crippen molar-refractivity contribution in [1.29, 1.82) is 0 Å². The van der Waals surface area contributed by atoms with Crippen LogP contribution in [0.25, 0.3) is 0 Å². The predicted octanol–water partition coefficient (Wildman–Crippen LogP) is 3.38. The minimum absolute atomic E-state index is 0.101. The summed E-state index contributed by atoms with van der Waals surface area (Å²) in [5.74, 6) is 0.